The lowest BCUT2D eigenvalue weighted by Gasteiger charge is -2.06. The number of aromatic nitrogens is 1. The first-order chi connectivity index (χ1) is 8.86. The highest BCUT2D eigenvalue weighted by Gasteiger charge is 1.96. The molecular weight excluding hydrogens is 228 g/mol. The van der Waals surface area contributed by atoms with E-state index in [9.17, 15) is 0 Å². The van der Waals surface area contributed by atoms with Crippen LogP contribution in [0.1, 0.15) is 32.3 Å². The second kappa shape index (κ2) is 9.85. The third kappa shape index (κ3) is 6.57. The summed E-state index contributed by atoms with van der Waals surface area (Å²) in [5, 5.41) is 3.16. The molecule has 4 nitrogen and oxygen atoms in total. The minimum atomic E-state index is 0.594. The zero-order chi connectivity index (χ0) is 13.1. The number of rotatable bonds is 10. The van der Waals surface area contributed by atoms with Gasteiger partial charge in [-0.15, -0.1) is 0 Å². The van der Waals surface area contributed by atoms with Gasteiger partial charge in [-0.3, -0.25) is 0 Å². The van der Waals surface area contributed by atoms with E-state index in [4.69, 9.17) is 9.47 Å². The minimum Gasteiger partial charge on any atom is -0.379 e. The van der Waals surface area contributed by atoms with E-state index in [1.54, 1.807) is 0 Å². The van der Waals surface area contributed by atoms with Gasteiger partial charge in [0.15, 0.2) is 0 Å². The minimum absolute atomic E-state index is 0.594. The van der Waals surface area contributed by atoms with Crippen LogP contribution in [0, 0.1) is 0 Å². The molecule has 0 fully saturated rings. The molecule has 1 aromatic heterocycles. The van der Waals surface area contributed by atoms with Crippen LogP contribution in [0.3, 0.4) is 0 Å². The molecule has 0 aliphatic carbocycles. The van der Waals surface area contributed by atoms with Crippen molar-refractivity contribution in [3.8, 4) is 0 Å². The van der Waals surface area contributed by atoms with Crippen molar-refractivity contribution in [1.29, 1.82) is 0 Å². The van der Waals surface area contributed by atoms with E-state index in [2.05, 4.69) is 24.1 Å². The Bertz CT molecular complexity index is 301. The third-order valence-electron chi connectivity index (χ3n) is 2.47. The predicted octanol–water partition coefficient (Wildman–Crippen LogP) is 2.85. The van der Waals surface area contributed by atoms with Crippen LogP contribution < -0.4 is 5.32 Å². The van der Waals surface area contributed by atoms with E-state index in [0.29, 0.717) is 19.8 Å². The Morgan fingerprint density at radius 2 is 1.94 bits per heavy atom. The van der Waals surface area contributed by atoms with Gasteiger partial charge in [-0.2, -0.15) is 0 Å². The second-order valence-corrected chi connectivity index (χ2v) is 4.10. The highest BCUT2D eigenvalue weighted by molar-refractivity contribution is 5.34. The molecule has 102 valence electrons. The number of hydrogen-bond acceptors (Lipinski definition) is 4. The quantitative estimate of drug-likeness (QED) is 0.650. The van der Waals surface area contributed by atoms with Crippen molar-refractivity contribution >= 4 is 5.82 Å². The molecule has 0 atom stereocenters. The Morgan fingerprint density at radius 1 is 1.11 bits per heavy atom. The summed E-state index contributed by atoms with van der Waals surface area (Å²) >= 11 is 0. The van der Waals surface area contributed by atoms with Gasteiger partial charge in [-0.05, 0) is 25.0 Å². The smallest absolute Gasteiger partial charge is 0.125 e. The molecule has 0 unspecified atom stereocenters. The van der Waals surface area contributed by atoms with Crippen LogP contribution in [0.4, 0.5) is 5.82 Å². The molecule has 1 N–H and O–H groups in total. The van der Waals surface area contributed by atoms with Crippen LogP contribution in [0.25, 0.3) is 0 Å². The molecule has 1 rings (SSSR count). The van der Waals surface area contributed by atoms with Crippen LogP contribution >= 0.6 is 0 Å². The first kappa shape index (κ1) is 14.9. The van der Waals surface area contributed by atoms with Gasteiger partial charge in [0, 0.05) is 19.3 Å². The zero-order valence-corrected chi connectivity index (χ0v) is 11.4. The Balaban J connectivity index is 2.08. The van der Waals surface area contributed by atoms with Crippen LogP contribution in [0.2, 0.25) is 0 Å². The summed E-state index contributed by atoms with van der Waals surface area (Å²) in [4.78, 5) is 4.29. The van der Waals surface area contributed by atoms with E-state index in [1.165, 1.54) is 6.42 Å². The Kier molecular flexibility index (Phi) is 8.17. The highest BCUT2D eigenvalue weighted by Crippen LogP contribution is 2.05. The Hall–Kier alpha value is -1.13. The number of ether oxygens (including phenoxy) is 2. The predicted molar refractivity (Wildman–Crippen MR) is 73.8 cm³/mol. The lowest BCUT2D eigenvalue weighted by Crippen LogP contribution is -2.05. The lowest BCUT2D eigenvalue weighted by atomic mass is 10.3. The van der Waals surface area contributed by atoms with Crippen LogP contribution in [0.5, 0.6) is 0 Å². The maximum atomic E-state index is 5.51. The molecule has 0 amide bonds. The maximum absolute atomic E-state index is 5.51. The largest absolute Gasteiger partial charge is 0.379 e. The van der Waals surface area contributed by atoms with Crippen molar-refractivity contribution in [1.82, 2.24) is 4.98 Å². The first-order valence-corrected chi connectivity index (χ1v) is 6.71. The van der Waals surface area contributed by atoms with Gasteiger partial charge in [0.1, 0.15) is 5.82 Å². The zero-order valence-electron chi connectivity index (χ0n) is 11.4. The Labute approximate surface area is 110 Å². The fourth-order valence-corrected chi connectivity index (χ4v) is 1.45. The average molecular weight is 252 g/mol. The lowest BCUT2D eigenvalue weighted by molar-refractivity contribution is 0.0396. The molecular formula is C14H24N2O2. The normalized spacial score (nSPS) is 10.6. The number of nitrogens with zero attached hydrogens (tertiary/aromatic N) is 1. The summed E-state index contributed by atoms with van der Waals surface area (Å²) < 4.78 is 10.9. The molecule has 0 aliphatic heterocycles. The van der Waals surface area contributed by atoms with Crippen molar-refractivity contribution in [2.24, 2.45) is 0 Å². The molecule has 0 saturated carbocycles. The first-order valence-electron chi connectivity index (χ1n) is 6.71. The van der Waals surface area contributed by atoms with E-state index in [1.807, 2.05) is 18.3 Å². The number of hydrogen-bond donors (Lipinski definition) is 1. The van der Waals surface area contributed by atoms with Gasteiger partial charge >= 0.3 is 0 Å². The van der Waals surface area contributed by atoms with E-state index >= 15 is 0 Å². The van der Waals surface area contributed by atoms with E-state index in [0.717, 1.165) is 31.0 Å². The van der Waals surface area contributed by atoms with Crippen molar-refractivity contribution in [3.05, 3.63) is 23.9 Å². The Morgan fingerprint density at radius 3 is 2.61 bits per heavy atom. The molecule has 0 aromatic carbocycles. The number of unbranched alkanes of at least 4 members (excludes halogenated alkanes) is 1. The van der Waals surface area contributed by atoms with Crippen molar-refractivity contribution < 1.29 is 9.47 Å². The molecule has 0 radical (unpaired) electrons. The summed E-state index contributed by atoms with van der Waals surface area (Å²) in [6.45, 7) is 7.83. The number of anilines is 1. The fraction of sp³-hybridized carbons (Fsp3) is 0.643. The van der Waals surface area contributed by atoms with Crippen molar-refractivity contribution in [2.45, 2.75) is 33.3 Å². The standard InChI is InChI=1S/C14H24N2O2/c1-3-5-8-17-9-10-18-12-13-6-7-14(15-4-2)16-11-13/h6-7,11H,3-5,8-10,12H2,1-2H3,(H,15,16). The number of nitrogens with one attached hydrogen (secondary N) is 1. The summed E-state index contributed by atoms with van der Waals surface area (Å²) in [5.74, 6) is 0.907. The maximum Gasteiger partial charge on any atom is 0.125 e. The van der Waals surface area contributed by atoms with Crippen molar-refractivity contribution in [3.63, 3.8) is 0 Å². The van der Waals surface area contributed by atoms with Crippen LogP contribution in [0.15, 0.2) is 18.3 Å². The molecule has 18 heavy (non-hydrogen) atoms. The topological polar surface area (TPSA) is 43.4 Å². The second-order valence-electron chi connectivity index (χ2n) is 4.10. The molecule has 0 bridgehead atoms. The average Bonchev–Trinajstić information content (AvgIpc) is 2.40. The van der Waals surface area contributed by atoms with E-state index < -0.39 is 0 Å². The number of pyridine rings is 1. The van der Waals surface area contributed by atoms with Gasteiger partial charge in [-0.25, -0.2) is 4.98 Å². The SMILES string of the molecule is CCCCOCCOCc1ccc(NCC)nc1. The van der Waals surface area contributed by atoms with Crippen LogP contribution in [-0.2, 0) is 16.1 Å². The molecule has 1 heterocycles. The summed E-state index contributed by atoms with van der Waals surface area (Å²) in [7, 11) is 0. The van der Waals surface area contributed by atoms with Gasteiger partial charge in [0.25, 0.3) is 0 Å². The fourth-order valence-electron chi connectivity index (χ4n) is 1.45. The molecule has 4 heteroatoms. The monoisotopic (exact) mass is 252 g/mol. The third-order valence-corrected chi connectivity index (χ3v) is 2.47. The van der Waals surface area contributed by atoms with Crippen LogP contribution in [-0.4, -0.2) is 31.3 Å². The van der Waals surface area contributed by atoms with Gasteiger partial charge in [0.05, 0.1) is 19.8 Å². The van der Waals surface area contributed by atoms with Crippen molar-refractivity contribution in [2.75, 3.05) is 31.7 Å². The molecule has 0 aliphatic rings. The summed E-state index contributed by atoms with van der Waals surface area (Å²) in [5.41, 5.74) is 1.09. The van der Waals surface area contributed by atoms with Gasteiger partial charge in [-0.1, -0.05) is 19.4 Å². The summed E-state index contributed by atoms with van der Waals surface area (Å²) in [6.07, 6.45) is 4.14. The molecule has 0 spiro atoms. The van der Waals surface area contributed by atoms with Gasteiger partial charge < -0.3 is 14.8 Å². The highest BCUT2D eigenvalue weighted by atomic mass is 16.5. The molecule has 0 saturated heterocycles. The summed E-state index contributed by atoms with van der Waals surface area (Å²) in [6, 6.07) is 4.00. The molecule has 1 aromatic rings. The van der Waals surface area contributed by atoms with E-state index in [-0.39, 0.29) is 0 Å². The van der Waals surface area contributed by atoms with Gasteiger partial charge in [0.2, 0.25) is 0 Å².